The second kappa shape index (κ2) is 13.9. The van der Waals surface area contributed by atoms with Gasteiger partial charge < -0.3 is 9.13 Å². The van der Waals surface area contributed by atoms with Gasteiger partial charge in [0.25, 0.3) is 0 Å². The maximum Gasteiger partial charge on any atom is 0.238 e. The fourth-order valence-corrected chi connectivity index (χ4v) is 9.53. The van der Waals surface area contributed by atoms with Crippen LogP contribution in [0.3, 0.4) is 0 Å². The van der Waals surface area contributed by atoms with E-state index in [4.69, 9.17) is 19.9 Å². The Kier molecular flexibility index (Phi) is 7.77. The van der Waals surface area contributed by atoms with E-state index >= 15 is 0 Å². The molecule has 13 rings (SSSR count). The van der Waals surface area contributed by atoms with E-state index in [0.717, 1.165) is 88.4 Å². The summed E-state index contributed by atoms with van der Waals surface area (Å²) in [5.74, 6) is 1.83. The maximum atomic E-state index is 5.13. The first-order chi connectivity index (χ1) is 31.2. The lowest BCUT2D eigenvalue weighted by Gasteiger charge is -2.13. The van der Waals surface area contributed by atoms with Crippen molar-refractivity contribution in [2.75, 3.05) is 0 Å². The Hall–Kier alpha value is -8.68. The van der Waals surface area contributed by atoms with Gasteiger partial charge in [0.1, 0.15) is 0 Å². The van der Waals surface area contributed by atoms with E-state index in [0.29, 0.717) is 17.6 Å². The van der Waals surface area contributed by atoms with Crippen LogP contribution in [0.1, 0.15) is 0 Å². The van der Waals surface area contributed by atoms with Crippen LogP contribution in [0.5, 0.6) is 0 Å². The molecule has 0 aliphatic heterocycles. The van der Waals surface area contributed by atoms with Crippen molar-refractivity contribution in [2.24, 2.45) is 0 Å². The van der Waals surface area contributed by atoms with E-state index in [9.17, 15) is 0 Å². The molecule has 0 unspecified atom stereocenters. The van der Waals surface area contributed by atoms with Crippen LogP contribution >= 0.6 is 0 Å². The molecule has 5 aromatic heterocycles. The zero-order valence-corrected chi connectivity index (χ0v) is 33.8. The molecule has 0 radical (unpaired) electrons. The first kappa shape index (κ1) is 35.1. The van der Waals surface area contributed by atoms with Crippen molar-refractivity contribution in [3.05, 3.63) is 212 Å². The molecular weight excluding hydrogens is 771 g/mol. The third-order valence-electron chi connectivity index (χ3n) is 12.3. The van der Waals surface area contributed by atoms with Gasteiger partial charge in [-0.2, -0.15) is 9.97 Å². The van der Waals surface area contributed by atoms with E-state index in [1.165, 1.54) is 10.8 Å². The Balaban J connectivity index is 0.984. The molecule has 0 saturated heterocycles. The van der Waals surface area contributed by atoms with Crippen molar-refractivity contribution in [2.45, 2.75) is 0 Å². The summed E-state index contributed by atoms with van der Waals surface area (Å²) < 4.78 is 6.91. The average Bonchev–Trinajstić information content (AvgIpc) is 4.00. The van der Waals surface area contributed by atoms with Crippen molar-refractivity contribution in [1.82, 2.24) is 33.6 Å². The topological polar surface area (TPSA) is 66.3 Å². The molecule has 63 heavy (non-hydrogen) atoms. The highest BCUT2D eigenvalue weighted by atomic mass is 15.2. The third kappa shape index (κ3) is 5.53. The van der Waals surface area contributed by atoms with Crippen molar-refractivity contribution >= 4 is 65.5 Å². The predicted octanol–water partition coefficient (Wildman–Crippen LogP) is 13.6. The van der Waals surface area contributed by atoms with Crippen LogP contribution in [-0.2, 0) is 0 Å². The van der Waals surface area contributed by atoms with Crippen LogP contribution in [0.2, 0.25) is 0 Å². The van der Waals surface area contributed by atoms with Gasteiger partial charge in [-0.25, -0.2) is 4.98 Å². The molecule has 8 aromatic carbocycles. The zero-order valence-electron chi connectivity index (χ0n) is 33.8. The minimum atomic E-state index is 0.576. The summed E-state index contributed by atoms with van der Waals surface area (Å²) in [6.07, 6.45) is 1.87. The number of rotatable bonds is 6. The molecule has 0 spiro atoms. The molecule has 7 heteroatoms. The molecule has 0 bridgehead atoms. The summed E-state index contributed by atoms with van der Waals surface area (Å²) in [6, 6.07) is 72.7. The van der Waals surface area contributed by atoms with Crippen LogP contribution in [0.4, 0.5) is 0 Å². The van der Waals surface area contributed by atoms with Crippen molar-refractivity contribution in [1.29, 1.82) is 0 Å². The van der Waals surface area contributed by atoms with Crippen molar-refractivity contribution in [3.63, 3.8) is 0 Å². The summed E-state index contributed by atoms with van der Waals surface area (Å²) in [6.45, 7) is 0. The molecule has 0 N–H and O–H groups in total. The fourth-order valence-electron chi connectivity index (χ4n) is 9.53. The second-order valence-electron chi connectivity index (χ2n) is 15.9. The zero-order chi connectivity index (χ0) is 41.4. The highest BCUT2D eigenvalue weighted by Gasteiger charge is 2.20. The SMILES string of the molecule is c1ccc(-c2nc(-c3ccccc3)nc(-n3c4ccccc4c4cc(-c5ccc6c7ccccc7n(-c7cccc(-n8c9ccccc9c9ncccc98)c7)c6c5)ccc43)n2)cc1. The van der Waals surface area contributed by atoms with E-state index in [2.05, 4.69) is 153 Å². The van der Waals surface area contributed by atoms with Gasteiger partial charge in [0.15, 0.2) is 11.6 Å². The van der Waals surface area contributed by atoms with E-state index in [1.54, 1.807) is 0 Å². The number of fused-ring (bicyclic) bond motifs is 9. The lowest BCUT2D eigenvalue weighted by atomic mass is 10.0. The molecule has 294 valence electrons. The first-order valence-corrected chi connectivity index (χ1v) is 21.1. The number of aromatic nitrogens is 7. The Morgan fingerprint density at radius 1 is 0.286 bits per heavy atom. The van der Waals surface area contributed by atoms with Gasteiger partial charge in [-0.1, -0.05) is 140 Å². The van der Waals surface area contributed by atoms with Crippen LogP contribution in [-0.4, -0.2) is 33.6 Å². The molecule has 0 atom stereocenters. The third-order valence-corrected chi connectivity index (χ3v) is 12.3. The van der Waals surface area contributed by atoms with E-state index < -0.39 is 0 Å². The summed E-state index contributed by atoms with van der Waals surface area (Å²) in [7, 11) is 0. The standard InChI is InChI=1S/C56H35N7/c1-3-15-36(16-4-1)54-58-55(37-17-5-2-6-18-37)60-56(59-54)63-48-25-11-8-22-43(48)46-33-38(29-31-50(46)63)39-28-30-44-42-21-7-10-24-47(42)62(52(44)34-39)41-20-13-19-40(35-41)61-49-26-12-9-23-45(49)53-51(61)27-14-32-57-53/h1-35H. The van der Waals surface area contributed by atoms with Crippen LogP contribution in [0.15, 0.2) is 212 Å². The van der Waals surface area contributed by atoms with Crippen LogP contribution < -0.4 is 0 Å². The monoisotopic (exact) mass is 805 g/mol. The quantitative estimate of drug-likeness (QED) is 0.168. The molecule has 0 fully saturated rings. The first-order valence-electron chi connectivity index (χ1n) is 21.1. The Morgan fingerprint density at radius 2 is 0.794 bits per heavy atom. The minimum absolute atomic E-state index is 0.576. The van der Waals surface area contributed by atoms with Crippen molar-refractivity contribution in [3.8, 4) is 51.2 Å². The Labute approximate surface area is 361 Å². The molecule has 13 aromatic rings. The molecular formula is C56H35N7. The maximum absolute atomic E-state index is 5.13. The van der Waals surface area contributed by atoms with Gasteiger partial charge >= 0.3 is 0 Å². The second-order valence-corrected chi connectivity index (χ2v) is 15.9. The number of hydrogen-bond donors (Lipinski definition) is 0. The van der Waals surface area contributed by atoms with E-state index in [-0.39, 0.29) is 0 Å². The van der Waals surface area contributed by atoms with Gasteiger partial charge in [-0.3, -0.25) is 9.55 Å². The number of hydrogen-bond acceptors (Lipinski definition) is 4. The van der Waals surface area contributed by atoms with Crippen LogP contribution in [0, 0.1) is 0 Å². The van der Waals surface area contributed by atoms with Gasteiger partial charge in [0.05, 0.1) is 38.6 Å². The van der Waals surface area contributed by atoms with Crippen LogP contribution in [0.25, 0.3) is 117 Å². The van der Waals surface area contributed by atoms with Gasteiger partial charge in [-0.15, -0.1) is 0 Å². The largest absolute Gasteiger partial charge is 0.309 e. The Bertz CT molecular complexity index is 3810. The Morgan fingerprint density at radius 3 is 1.49 bits per heavy atom. The highest BCUT2D eigenvalue weighted by molar-refractivity contribution is 6.12. The highest BCUT2D eigenvalue weighted by Crippen LogP contribution is 2.39. The fraction of sp³-hybridized carbons (Fsp3) is 0. The van der Waals surface area contributed by atoms with Gasteiger partial charge in [-0.05, 0) is 77.9 Å². The van der Waals surface area contributed by atoms with Gasteiger partial charge in [0.2, 0.25) is 5.95 Å². The molecule has 0 amide bonds. The summed E-state index contributed by atoms with van der Waals surface area (Å²) in [5.41, 5.74) is 13.9. The summed E-state index contributed by atoms with van der Waals surface area (Å²) >= 11 is 0. The minimum Gasteiger partial charge on any atom is -0.309 e. The number of benzene rings is 8. The normalized spacial score (nSPS) is 11.8. The average molecular weight is 806 g/mol. The molecule has 0 aliphatic carbocycles. The number of para-hydroxylation sites is 3. The van der Waals surface area contributed by atoms with Gasteiger partial charge in [0, 0.05) is 55.6 Å². The number of nitrogens with zero attached hydrogens (tertiary/aromatic N) is 7. The summed E-state index contributed by atoms with van der Waals surface area (Å²) in [5, 5.41) is 5.81. The smallest absolute Gasteiger partial charge is 0.238 e. The van der Waals surface area contributed by atoms with E-state index in [1.807, 2.05) is 72.9 Å². The lowest BCUT2D eigenvalue weighted by Crippen LogP contribution is -2.06. The molecule has 7 nitrogen and oxygen atoms in total. The molecule has 0 aliphatic rings. The molecule has 0 saturated carbocycles. The molecule has 5 heterocycles. The lowest BCUT2D eigenvalue weighted by molar-refractivity contribution is 0.953. The predicted molar refractivity (Wildman–Crippen MR) is 257 cm³/mol. The van der Waals surface area contributed by atoms with Crippen molar-refractivity contribution < 1.29 is 0 Å². The number of pyridine rings is 1. The summed E-state index contributed by atoms with van der Waals surface area (Å²) in [4.78, 5) is 20.0.